The molecule has 0 amide bonds. The van der Waals surface area contributed by atoms with Gasteiger partial charge in [0.25, 0.3) is 0 Å². The molecule has 1 atom stereocenters. The third kappa shape index (κ3) is 4.12. The van der Waals surface area contributed by atoms with E-state index in [0.29, 0.717) is 28.9 Å². The number of aromatic hydroxyl groups is 1. The Labute approximate surface area is 180 Å². The molecule has 4 heterocycles. The predicted octanol–water partition coefficient (Wildman–Crippen LogP) is 1.95. The fourth-order valence-electron chi connectivity index (χ4n) is 3.92. The van der Waals surface area contributed by atoms with E-state index < -0.39 is 0 Å². The van der Waals surface area contributed by atoms with Crippen molar-refractivity contribution in [3.63, 3.8) is 0 Å². The van der Waals surface area contributed by atoms with Crippen LogP contribution in [-0.4, -0.2) is 72.4 Å². The monoisotopic (exact) mass is 436 g/mol. The zero-order chi connectivity index (χ0) is 18.2. The third-order valence-electron chi connectivity index (χ3n) is 5.33. The number of aromatic nitrogens is 6. The van der Waals surface area contributed by atoms with Gasteiger partial charge in [0.2, 0.25) is 5.95 Å². The predicted molar refractivity (Wildman–Crippen MR) is 113 cm³/mol. The van der Waals surface area contributed by atoms with Crippen molar-refractivity contribution in [2.75, 3.05) is 31.1 Å². The number of hydrogen-bond acceptors (Lipinski definition) is 8. The van der Waals surface area contributed by atoms with Gasteiger partial charge in [-0.15, -0.1) is 35.0 Å². The summed E-state index contributed by atoms with van der Waals surface area (Å²) >= 11 is 0. The SMILES string of the molecule is Cl.Cl.Oc1cc(-n2nccn2)ccc1-c1cnc(N2CCN3CCC[C@H]3C2)nn1. The number of nitrogens with zero attached hydrogens (tertiary/aromatic N) is 8. The topological polar surface area (TPSA) is 96.1 Å². The largest absolute Gasteiger partial charge is 0.507 e. The van der Waals surface area contributed by atoms with Crippen molar-refractivity contribution in [1.29, 1.82) is 0 Å². The van der Waals surface area contributed by atoms with Crippen molar-refractivity contribution in [2.24, 2.45) is 0 Å². The van der Waals surface area contributed by atoms with Crippen molar-refractivity contribution >= 4 is 30.8 Å². The highest BCUT2D eigenvalue weighted by Gasteiger charge is 2.31. The molecule has 2 aliphatic heterocycles. The Hall–Kier alpha value is -2.49. The van der Waals surface area contributed by atoms with E-state index >= 15 is 0 Å². The van der Waals surface area contributed by atoms with Crippen LogP contribution in [0.15, 0.2) is 36.8 Å². The third-order valence-corrected chi connectivity index (χ3v) is 5.33. The average molecular weight is 437 g/mol. The average Bonchev–Trinajstić information content (AvgIpc) is 3.39. The maximum Gasteiger partial charge on any atom is 0.245 e. The zero-order valence-electron chi connectivity index (χ0n) is 15.6. The molecule has 2 fully saturated rings. The molecule has 2 aliphatic rings. The number of benzene rings is 1. The van der Waals surface area contributed by atoms with Crippen molar-refractivity contribution < 1.29 is 5.11 Å². The lowest BCUT2D eigenvalue weighted by Crippen LogP contribution is -2.50. The summed E-state index contributed by atoms with van der Waals surface area (Å²) in [7, 11) is 0. The quantitative estimate of drug-likeness (QED) is 0.665. The van der Waals surface area contributed by atoms with Crippen LogP contribution in [-0.2, 0) is 0 Å². The fraction of sp³-hybridized carbons (Fsp3) is 0.389. The molecule has 2 aromatic heterocycles. The molecule has 0 aliphatic carbocycles. The first kappa shape index (κ1) is 21.2. The molecule has 2 saturated heterocycles. The molecule has 29 heavy (non-hydrogen) atoms. The van der Waals surface area contributed by atoms with E-state index in [1.54, 1.807) is 30.7 Å². The highest BCUT2D eigenvalue weighted by Crippen LogP contribution is 2.29. The Morgan fingerprint density at radius 2 is 1.83 bits per heavy atom. The van der Waals surface area contributed by atoms with Crippen LogP contribution >= 0.6 is 24.8 Å². The molecule has 0 saturated carbocycles. The minimum atomic E-state index is 0. The molecule has 0 spiro atoms. The maximum atomic E-state index is 10.4. The number of rotatable bonds is 3. The molecule has 0 unspecified atom stereocenters. The lowest BCUT2D eigenvalue weighted by Gasteiger charge is -2.37. The van der Waals surface area contributed by atoms with Crippen molar-refractivity contribution in [3.05, 3.63) is 36.8 Å². The van der Waals surface area contributed by atoms with E-state index in [1.807, 2.05) is 6.07 Å². The summed E-state index contributed by atoms with van der Waals surface area (Å²) in [5.74, 6) is 0.746. The summed E-state index contributed by atoms with van der Waals surface area (Å²) in [4.78, 5) is 10.7. The van der Waals surface area contributed by atoms with Crippen LogP contribution in [0.2, 0.25) is 0 Å². The number of anilines is 1. The van der Waals surface area contributed by atoms with Crippen LogP contribution in [0.3, 0.4) is 0 Å². The van der Waals surface area contributed by atoms with Gasteiger partial charge in [-0.05, 0) is 31.5 Å². The second-order valence-electron chi connectivity index (χ2n) is 6.94. The Balaban J connectivity index is 0.00000120. The number of fused-ring (bicyclic) bond motifs is 1. The van der Waals surface area contributed by atoms with Crippen LogP contribution in [0.25, 0.3) is 16.9 Å². The molecule has 5 rings (SSSR count). The van der Waals surface area contributed by atoms with E-state index in [2.05, 4.69) is 35.2 Å². The van der Waals surface area contributed by atoms with E-state index in [-0.39, 0.29) is 30.6 Å². The molecule has 3 aromatic rings. The minimum absolute atomic E-state index is 0. The van der Waals surface area contributed by atoms with Crippen molar-refractivity contribution in [3.8, 4) is 22.7 Å². The summed E-state index contributed by atoms with van der Waals surface area (Å²) in [5, 5.41) is 27.1. The second kappa shape index (κ2) is 8.89. The number of piperazine rings is 1. The Morgan fingerprint density at radius 3 is 2.55 bits per heavy atom. The smallest absolute Gasteiger partial charge is 0.245 e. The standard InChI is InChI=1S/C18H20N8O.2ClH/c27-17-10-13(26-20-5-6-21-26)3-4-15(17)16-11-19-18(23-22-16)25-9-8-24-7-1-2-14(24)12-25;;/h3-6,10-11,14,27H,1-2,7-9,12H2;2*1H/t14-;;/m0../s1. The molecule has 11 heteroatoms. The van der Waals surface area contributed by atoms with Gasteiger partial charge in [0.05, 0.1) is 24.3 Å². The minimum Gasteiger partial charge on any atom is -0.507 e. The molecule has 0 bridgehead atoms. The molecule has 1 aromatic carbocycles. The highest BCUT2D eigenvalue weighted by atomic mass is 35.5. The van der Waals surface area contributed by atoms with E-state index in [1.165, 1.54) is 24.2 Å². The van der Waals surface area contributed by atoms with Gasteiger partial charge in [-0.1, -0.05) is 0 Å². The zero-order valence-corrected chi connectivity index (χ0v) is 17.3. The first-order chi connectivity index (χ1) is 13.3. The maximum absolute atomic E-state index is 10.4. The summed E-state index contributed by atoms with van der Waals surface area (Å²) in [6.45, 7) is 4.14. The molecular formula is C18H22Cl2N8O. The fourth-order valence-corrected chi connectivity index (χ4v) is 3.92. The van der Waals surface area contributed by atoms with Crippen LogP contribution in [0.4, 0.5) is 5.95 Å². The van der Waals surface area contributed by atoms with E-state index in [0.717, 1.165) is 19.6 Å². The van der Waals surface area contributed by atoms with Crippen LogP contribution in [0.1, 0.15) is 12.8 Å². The van der Waals surface area contributed by atoms with E-state index in [9.17, 15) is 5.11 Å². The van der Waals surface area contributed by atoms with E-state index in [4.69, 9.17) is 0 Å². The lowest BCUT2D eigenvalue weighted by molar-refractivity contribution is 0.229. The van der Waals surface area contributed by atoms with Gasteiger partial charge in [-0.25, -0.2) is 4.98 Å². The van der Waals surface area contributed by atoms with Gasteiger partial charge >= 0.3 is 0 Å². The molecule has 9 nitrogen and oxygen atoms in total. The molecule has 1 N–H and O–H groups in total. The van der Waals surface area contributed by atoms with Gasteiger partial charge in [0, 0.05) is 37.3 Å². The Kier molecular flexibility index (Phi) is 6.51. The van der Waals surface area contributed by atoms with Crippen molar-refractivity contribution in [1.82, 2.24) is 35.1 Å². The van der Waals surface area contributed by atoms with Crippen LogP contribution < -0.4 is 4.90 Å². The normalized spacial score (nSPS) is 18.6. The molecular weight excluding hydrogens is 415 g/mol. The summed E-state index contributed by atoms with van der Waals surface area (Å²) < 4.78 is 0. The lowest BCUT2D eigenvalue weighted by atomic mass is 10.1. The first-order valence-corrected chi connectivity index (χ1v) is 9.17. The van der Waals surface area contributed by atoms with Gasteiger partial charge < -0.3 is 10.0 Å². The molecule has 154 valence electrons. The summed E-state index contributed by atoms with van der Waals surface area (Å²) in [6, 6.07) is 5.81. The Bertz CT molecular complexity index is 938. The highest BCUT2D eigenvalue weighted by molar-refractivity contribution is 5.85. The summed E-state index contributed by atoms with van der Waals surface area (Å²) in [5.41, 5.74) is 1.79. The molecule has 0 radical (unpaired) electrons. The van der Waals surface area contributed by atoms with Crippen molar-refractivity contribution in [2.45, 2.75) is 18.9 Å². The van der Waals surface area contributed by atoms with Gasteiger partial charge in [-0.3, -0.25) is 4.90 Å². The second-order valence-corrected chi connectivity index (χ2v) is 6.94. The Morgan fingerprint density at radius 1 is 1.00 bits per heavy atom. The number of halogens is 2. The first-order valence-electron chi connectivity index (χ1n) is 9.17. The van der Waals surface area contributed by atoms with Gasteiger partial charge in [-0.2, -0.15) is 15.0 Å². The van der Waals surface area contributed by atoms with Crippen LogP contribution in [0, 0.1) is 0 Å². The van der Waals surface area contributed by atoms with Crippen LogP contribution in [0.5, 0.6) is 5.75 Å². The van der Waals surface area contributed by atoms with Gasteiger partial charge in [0.15, 0.2) is 0 Å². The number of hydrogen-bond donors (Lipinski definition) is 1. The summed E-state index contributed by atoms with van der Waals surface area (Å²) in [6.07, 6.45) is 7.37. The van der Waals surface area contributed by atoms with Gasteiger partial charge in [0.1, 0.15) is 11.4 Å². The number of phenols is 1. The number of phenolic OH excluding ortho intramolecular Hbond substituents is 1.